The van der Waals surface area contributed by atoms with Crippen LogP contribution in [0.3, 0.4) is 0 Å². The first-order valence-electron chi connectivity index (χ1n) is 12.6. The van der Waals surface area contributed by atoms with Gasteiger partial charge in [0.15, 0.2) is 0 Å². The van der Waals surface area contributed by atoms with Gasteiger partial charge in [0.25, 0.3) is 5.91 Å². The van der Waals surface area contributed by atoms with Crippen molar-refractivity contribution in [3.8, 4) is 5.75 Å². The molecule has 0 aliphatic carbocycles. The van der Waals surface area contributed by atoms with Gasteiger partial charge >= 0.3 is 0 Å². The topological polar surface area (TPSA) is 56.2 Å². The number of para-hydroxylation sites is 2. The quantitative estimate of drug-likeness (QED) is 0.239. The second-order valence-electron chi connectivity index (χ2n) is 9.11. The van der Waals surface area contributed by atoms with E-state index < -0.39 is 0 Å². The predicted octanol–water partition coefficient (Wildman–Crippen LogP) is 6.33. The van der Waals surface area contributed by atoms with Crippen LogP contribution in [0.2, 0.25) is 0 Å². The molecule has 0 spiro atoms. The standard InChI is InChI=1S/C31H31N3O2/c1-23-9-6-12-26(21-23)31(35)32-18-7-15-30-33-28-13-4-5-14-29(28)34(30)19-8-20-36-27-17-16-24-10-2-3-11-25(24)22-27/h2-6,9-14,16-17,21-22H,7-8,15,18-20H2,1H3,(H,32,35). The van der Waals surface area contributed by atoms with Gasteiger partial charge in [0.1, 0.15) is 11.6 Å². The van der Waals surface area contributed by atoms with Crippen molar-refractivity contribution >= 4 is 27.7 Å². The van der Waals surface area contributed by atoms with Gasteiger partial charge in [-0.25, -0.2) is 4.98 Å². The van der Waals surface area contributed by atoms with Crippen molar-refractivity contribution in [2.75, 3.05) is 13.2 Å². The number of amides is 1. The van der Waals surface area contributed by atoms with Gasteiger partial charge < -0.3 is 14.6 Å². The molecule has 0 saturated carbocycles. The summed E-state index contributed by atoms with van der Waals surface area (Å²) in [4.78, 5) is 17.3. The Kier molecular flexibility index (Phi) is 7.27. The molecule has 5 rings (SSSR count). The Hall–Kier alpha value is -4.12. The first-order chi connectivity index (χ1) is 17.7. The summed E-state index contributed by atoms with van der Waals surface area (Å²) in [7, 11) is 0. The normalized spacial score (nSPS) is 11.1. The smallest absolute Gasteiger partial charge is 0.251 e. The van der Waals surface area contributed by atoms with E-state index in [4.69, 9.17) is 9.72 Å². The molecular weight excluding hydrogens is 446 g/mol. The van der Waals surface area contributed by atoms with Gasteiger partial charge in [-0.2, -0.15) is 0 Å². The highest BCUT2D eigenvalue weighted by atomic mass is 16.5. The van der Waals surface area contributed by atoms with E-state index in [1.165, 1.54) is 10.8 Å². The van der Waals surface area contributed by atoms with Crippen molar-refractivity contribution in [1.29, 1.82) is 0 Å². The van der Waals surface area contributed by atoms with Crippen LogP contribution in [-0.2, 0) is 13.0 Å². The molecule has 0 aliphatic rings. The maximum Gasteiger partial charge on any atom is 0.251 e. The molecule has 0 atom stereocenters. The Morgan fingerprint density at radius 2 is 1.72 bits per heavy atom. The van der Waals surface area contributed by atoms with Crippen LogP contribution in [-0.4, -0.2) is 28.6 Å². The molecule has 36 heavy (non-hydrogen) atoms. The third-order valence-electron chi connectivity index (χ3n) is 6.39. The highest BCUT2D eigenvalue weighted by molar-refractivity contribution is 5.94. The minimum absolute atomic E-state index is 0.0296. The van der Waals surface area contributed by atoms with E-state index >= 15 is 0 Å². The van der Waals surface area contributed by atoms with Crippen LogP contribution < -0.4 is 10.1 Å². The summed E-state index contributed by atoms with van der Waals surface area (Å²) >= 11 is 0. The zero-order valence-electron chi connectivity index (χ0n) is 20.6. The Morgan fingerprint density at radius 3 is 2.61 bits per heavy atom. The molecule has 1 amide bonds. The lowest BCUT2D eigenvalue weighted by atomic mass is 10.1. The number of imidazole rings is 1. The summed E-state index contributed by atoms with van der Waals surface area (Å²) < 4.78 is 8.35. The van der Waals surface area contributed by atoms with Crippen molar-refractivity contribution in [3.05, 3.63) is 108 Å². The van der Waals surface area contributed by atoms with E-state index in [1.807, 2.05) is 55.5 Å². The molecule has 5 aromatic rings. The maximum atomic E-state index is 12.4. The molecule has 182 valence electrons. The van der Waals surface area contributed by atoms with E-state index in [0.29, 0.717) is 18.7 Å². The number of nitrogens with one attached hydrogen (secondary N) is 1. The number of aromatic nitrogens is 2. The van der Waals surface area contributed by atoms with E-state index in [-0.39, 0.29) is 5.91 Å². The zero-order valence-corrected chi connectivity index (χ0v) is 20.6. The summed E-state index contributed by atoms with van der Waals surface area (Å²) in [5.74, 6) is 1.92. The molecule has 0 saturated heterocycles. The maximum absolute atomic E-state index is 12.4. The number of hydrogen-bond acceptors (Lipinski definition) is 3. The molecular formula is C31H31N3O2. The third-order valence-corrected chi connectivity index (χ3v) is 6.39. The van der Waals surface area contributed by atoms with Gasteiger partial charge in [-0.15, -0.1) is 0 Å². The van der Waals surface area contributed by atoms with Crippen LogP contribution in [0.4, 0.5) is 0 Å². The second kappa shape index (κ2) is 11.1. The van der Waals surface area contributed by atoms with Gasteiger partial charge in [0, 0.05) is 25.1 Å². The number of aryl methyl sites for hydroxylation is 3. The molecule has 1 N–H and O–H groups in total. The van der Waals surface area contributed by atoms with E-state index in [0.717, 1.165) is 54.0 Å². The fourth-order valence-corrected chi connectivity index (χ4v) is 4.57. The summed E-state index contributed by atoms with van der Waals surface area (Å²) in [5, 5.41) is 5.44. The highest BCUT2D eigenvalue weighted by Gasteiger charge is 2.11. The monoisotopic (exact) mass is 477 g/mol. The first-order valence-corrected chi connectivity index (χ1v) is 12.6. The molecule has 1 heterocycles. The average molecular weight is 478 g/mol. The summed E-state index contributed by atoms with van der Waals surface area (Å²) in [6.07, 6.45) is 2.51. The molecule has 0 aliphatic heterocycles. The van der Waals surface area contributed by atoms with E-state index in [9.17, 15) is 4.79 Å². The summed E-state index contributed by atoms with van der Waals surface area (Å²) in [6, 6.07) is 30.5. The Morgan fingerprint density at radius 1 is 0.889 bits per heavy atom. The number of hydrogen-bond donors (Lipinski definition) is 1. The number of nitrogens with zero attached hydrogens (tertiary/aromatic N) is 2. The molecule has 5 heteroatoms. The van der Waals surface area contributed by atoms with Crippen LogP contribution in [0, 0.1) is 6.92 Å². The zero-order chi connectivity index (χ0) is 24.7. The SMILES string of the molecule is Cc1cccc(C(=O)NCCCc2nc3ccccc3n2CCCOc2ccc3ccccc3c2)c1. The lowest BCUT2D eigenvalue weighted by Crippen LogP contribution is -2.25. The predicted molar refractivity (Wildman–Crippen MR) is 146 cm³/mol. The molecule has 0 bridgehead atoms. The van der Waals surface area contributed by atoms with Crippen LogP contribution in [0.1, 0.15) is 34.6 Å². The van der Waals surface area contributed by atoms with Gasteiger partial charge in [0.05, 0.1) is 17.6 Å². The minimum atomic E-state index is -0.0296. The molecule has 1 aromatic heterocycles. The largest absolute Gasteiger partial charge is 0.494 e. The molecule has 4 aromatic carbocycles. The number of benzene rings is 4. The lowest BCUT2D eigenvalue weighted by Gasteiger charge is -2.11. The van der Waals surface area contributed by atoms with Crippen LogP contribution in [0.5, 0.6) is 5.75 Å². The highest BCUT2D eigenvalue weighted by Crippen LogP contribution is 2.21. The number of rotatable bonds is 10. The fourth-order valence-electron chi connectivity index (χ4n) is 4.57. The summed E-state index contributed by atoms with van der Waals surface area (Å²) in [6.45, 7) is 4.07. The number of carbonyl (C=O) groups excluding carboxylic acids is 1. The molecule has 0 unspecified atom stereocenters. The molecule has 0 fully saturated rings. The van der Waals surface area contributed by atoms with Gasteiger partial charge in [-0.1, -0.05) is 60.2 Å². The van der Waals surface area contributed by atoms with E-state index in [1.54, 1.807) is 0 Å². The van der Waals surface area contributed by atoms with Crippen LogP contribution in [0.15, 0.2) is 91.0 Å². The number of ether oxygens (including phenoxy) is 1. The van der Waals surface area contributed by atoms with Crippen LogP contribution >= 0.6 is 0 Å². The Balaban J connectivity index is 1.17. The van der Waals surface area contributed by atoms with Crippen molar-refractivity contribution in [2.45, 2.75) is 32.7 Å². The third kappa shape index (κ3) is 5.57. The first kappa shape index (κ1) is 23.6. The van der Waals surface area contributed by atoms with E-state index in [2.05, 4.69) is 52.3 Å². The Labute approximate surface area is 211 Å². The second-order valence-corrected chi connectivity index (χ2v) is 9.11. The van der Waals surface area contributed by atoms with Crippen molar-refractivity contribution in [3.63, 3.8) is 0 Å². The van der Waals surface area contributed by atoms with Crippen molar-refractivity contribution in [1.82, 2.24) is 14.9 Å². The number of carbonyl (C=O) groups is 1. The molecule has 0 radical (unpaired) electrons. The average Bonchev–Trinajstić information content (AvgIpc) is 3.26. The van der Waals surface area contributed by atoms with Gasteiger partial charge in [-0.05, 0) is 66.9 Å². The van der Waals surface area contributed by atoms with Crippen molar-refractivity contribution in [2.24, 2.45) is 0 Å². The lowest BCUT2D eigenvalue weighted by molar-refractivity contribution is 0.0953. The van der Waals surface area contributed by atoms with Crippen molar-refractivity contribution < 1.29 is 9.53 Å². The minimum Gasteiger partial charge on any atom is -0.494 e. The fraction of sp³-hybridized carbons (Fsp3) is 0.226. The van der Waals surface area contributed by atoms with Gasteiger partial charge in [0.2, 0.25) is 0 Å². The summed E-state index contributed by atoms with van der Waals surface area (Å²) in [5.41, 5.74) is 3.93. The number of fused-ring (bicyclic) bond motifs is 2. The van der Waals surface area contributed by atoms with Gasteiger partial charge in [-0.3, -0.25) is 4.79 Å². The van der Waals surface area contributed by atoms with Crippen LogP contribution in [0.25, 0.3) is 21.8 Å². The Bertz CT molecular complexity index is 1490. The molecule has 5 nitrogen and oxygen atoms in total.